The molecule has 4 N–H and O–H groups in total. The third kappa shape index (κ3) is 4.14. The highest BCUT2D eigenvalue weighted by Crippen LogP contribution is 2.21. The van der Waals surface area contributed by atoms with Crippen LogP contribution in [0.3, 0.4) is 0 Å². The average Bonchev–Trinajstić information content (AvgIpc) is 2.72. The number of carbonyl (C=O) groups is 1. The Morgan fingerprint density at radius 2 is 2.18 bits per heavy atom. The number of nitrogens with two attached hydrogens (primary N) is 1. The largest absolute Gasteiger partial charge is 0.416 e. The minimum absolute atomic E-state index is 0.224. The topological polar surface area (TPSA) is 84.6 Å². The Morgan fingerprint density at radius 3 is 2.65 bits per heavy atom. The first kappa shape index (κ1) is 14.2. The van der Waals surface area contributed by atoms with Crippen LogP contribution in [0.2, 0.25) is 0 Å². The van der Waals surface area contributed by atoms with E-state index in [-0.39, 0.29) is 12.6 Å². The number of aliphatic hydroxyl groups excluding tert-OH is 1. The molecule has 1 amide bonds. The maximum Gasteiger partial charge on any atom is 0.416 e. The van der Waals surface area contributed by atoms with E-state index in [1.807, 2.05) is 5.32 Å². The summed E-state index contributed by atoms with van der Waals surface area (Å²) in [7, 11) is 0. The van der Waals surface area contributed by atoms with Crippen molar-refractivity contribution in [2.45, 2.75) is 37.3 Å². The summed E-state index contributed by atoms with van der Waals surface area (Å²) in [5, 5.41) is 10.7. The van der Waals surface area contributed by atoms with Crippen LogP contribution in [-0.4, -0.2) is 48.6 Å². The van der Waals surface area contributed by atoms with E-state index in [9.17, 15) is 18.0 Å². The fraction of sp³-hybridized carbons (Fsp3) is 0.889. The van der Waals surface area contributed by atoms with Crippen LogP contribution < -0.4 is 11.1 Å². The third-order valence-corrected chi connectivity index (χ3v) is 2.51. The van der Waals surface area contributed by atoms with Crippen molar-refractivity contribution in [2.24, 2.45) is 5.73 Å². The number of alkyl halides is 3. The van der Waals surface area contributed by atoms with Crippen LogP contribution in [0.5, 0.6) is 0 Å². The van der Waals surface area contributed by atoms with Crippen LogP contribution >= 0.6 is 0 Å². The smallest absolute Gasteiger partial charge is 0.382 e. The van der Waals surface area contributed by atoms with Crippen molar-refractivity contribution in [3.63, 3.8) is 0 Å². The highest BCUT2D eigenvalue weighted by Gasteiger charge is 2.39. The number of carbonyl (C=O) groups excluding carboxylic acids is 1. The van der Waals surface area contributed by atoms with Gasteiger partial charge in [-0.15, -0.1) is 0 Å². The highest BCUT2D eigenvalue weighted by atomic mass is 19.4. The number of hydrogen-bond donors (Lipinski definition) is 3. The Kier molecular flexibility index (Phi) is 4.72. The van der Waals surface area contributed by atoms with Gasteiger partial charge >= 0.3 is 6.18 Å². The molecule has 0 saturated carbocycles. The van der Waals surface area contributed by atoms with E-state index >= 15 is 0 Å². The summed E-state index contributed by atoms with van der Waals surface area (Å²) in [5.74, 6) is -0.649. The quantitative estimate of drug-likeness (QED) is 0.635. The summed E-state index contributed by atoms with van der Waals surface area (Å²) in [5.41, 5.74) is 5.33. The number of hydrogen-bond acceptors (Lipinski definition) is 4. The van der Waals surface area contributed by atoms with Crippen molar-refractivity contribution in [3.05, 3.63) is 0 Å². The second kappa shape index (κ2) is 5.65. The summed E-state index contributed by atoms with van der Waals surface area (Å²) in [4.78, 5) is 11.4. The zero-order valence-corrected chi connectivity index (χ0v) is 9.04. The zero-order valence-electron chi connectivity index (χ0n) is 9.04. The Morgan fingerprint density at radius 1 is 1.53 bits per heavy atom. The molecule has 0 aromatic rings. The van der Waals surface area contributed by atoms with Gasteiger partial charge in [0.25, 0.3) is 0 Å². The second-order valence-electron chi connectivity index (χ2n) is 3.86. The van der Waals surface area contributed by atoms with Gasteiger partial charge in [-0.05, 0) is 12.8 Å². The first-order valence-corrected chi connectivity index (χ1v) is 5.22. The molecule has 0 spiro atoms. The number of halogens is 3. The Bertz CT molecular complexity index is 273. The number of rotatable bonds is 4. The van der Waals surface area contributed by atoms with E-state index in [2.05, 4.69) is 0 Å². The molecule has 5 nitrogen and oxygen atoms in total. The molecule has 17 heavy (non-hydrogen) atoms. The van der Waals surface area contributed by atoms with Gasteiger partial charge in [0.1, 0.15) is 6.10 Å². The molecule has 1 rings (SSSR count). The summed E-state index contributed by atoms with van der Waals surface area (Å²) in [6.45, 7) is -0.593. The lowest BCUT2D eigenvalue weighted by Crippen LogP contribution is -2.44. The van der Waals surface area contributed by atoms with Crippen molar-refractivity contribution in [1.29, 1.82) is 0 Å². The molecule has 1 heterocycles. The number of nitrogens with one attached hydrogen (secondary N) is 1. The molecule has 1 saturated heterocycles. The van der Waals surface area contributed by atoms with E-state index in [1.54, 1.807) is 0 Å². The van der Waals surface area contributed by atoms with Crippen molar-refractivity contribution >= 4 is 5.91 Å². The monoisotopic (exact) mass is 256 g/mol. The zero-order chi connectivity index (χ0) is 13.1. The van der Waals surface area contributed by atoms with Gasteiger partial charge in [0, 0.05) is 6.54 Å². The summed E-state index contributed by atoms with van der Waals surface area (Å²) >= 11 is 0. The average molecular weight is 256 g/mol. The highest BCUT2D eigenvalue weighted by molar-refractivity contribution is 5.81. The molecule has 0 bridgehead atoms. The minimum Gasteiger partial charge on any atom is -0.382 e. The summed E-state index contributed by atoms with van der Waals surface area (Å²) in [6, 6.07) is 0. The van der Waals surface area contributed by atoms with Gasteiger partial charge < -0.3 is 20.9 Å². The maximum atomic E-state index is 11.9. The van der Waals surface area contributed by atoms with Crippen molar-refractivity contribution in [1.82, 2.24) is 5.32 Å². The first-order chi connectivity index (χ1) is 7.84. The molecule has 3 unspecified atom stereocenters. The predicted octanol–water partition coefficient (Wildman–Crippen LogP) is -0.468. The van der Waals surface area contributed by atoms with Gasteiger partial charge in [0.2, 0.25) is 5.91 Å². The molecule has 100 valence electrons. The second-order valence-corrected chi connectivity index (χ2v) is 3.86. The molecule has 0 aliphatic carbocycles. The lowest BCUT2D eigenvalue weighted by atomic mass is 10.2. The Hall–Kier alpha value is -0.860. The molecule has 1 fully saturated rings. The van der Waals surface area contributed by atoms with E-state index in [0.717, 1.165) is 0 Å². The van der Waals surface area contributed by atoms with Crippen molar-refractivity contribution in [3.8, 4) is 0 Å². The Labute approximate surface area is 96.1 Å². The normalized spacial score (nSPS) is 26.9. The van der Waals surface area contributed by atoms with E-state index in [1.165, 1.54) is 0 Å². The lowest BCUT2D eigenvalue weighted by molar-refractivity contribution is -0.202. The number of ether oxygens (including phenoxy) is 1. The van der Waals surface area contributed by atoms with Gasteiger partial charge in [0.15, 0.2) is 6.10 Å². The lowest BCUT2D eigenvalue weighted by Gasteiger charge is -2.17. The van der Waals surface area contributed by atoms with E-state index in [4.69, 9.17) is 15.6 Å². The predicted molar refractivity (Wildman–Crippen MR) is 52.0 cm³/mol. The van der Waals surface area contributed by atoms with Crippen LogP contribution in [0, 0.1) is 0 Å². The maximum absolute atomic E-state index is 11.9. The fourth-order valence-electron chi connectivity index (χ4n) is 1.50. The molecular weight excluding hydrogens is 241 g/mol. The molecule has 1 aliphatic heterocycles. The van der Waals surface area contributed by atoms with Gasteiger partial charge in [-0.3, -0.25) is 4.79 Å². The summed E-state index contributed by atoms with van der Waals surface area (Å²) < 4.78 is 41.0. The molecule has 3 atom stereocenters. The van der Waals surface area contributed by atoms with Crippen molar-refractivity contribution in [2.75, 3.05) is 13.1 Å². The summed E-state index contributed by atoms with van der Waals surface area (Å²) in [6.07, 6.45) is -7.25. The third-order valence-electron chi connectivity index (χ3n) is 2.51. The van der Waals surface area contributed by atoms with Crippen molar-refractivity contribution < 1.29 is 27.8 Å². The number of amides is 1. The van der Waals surface area contributed by atoms with Crippen LogP contribution in [0.4, 0.5) is 13.2 Å². The van der Waals surface area contributed by atoms with Gasteiger partial charge in [-0.2, -0.15) is 13.2 Å². The minimum atomic E-state index is -4.73. The van der Waals surface area contributed by atoms with E-state index in [0.29, 0.717) is 12.8 Å². The molecular formula is C9H15F3N2O3. The van der Waals surface area contributed by atoms with Gasteiger partial charge in [-0.1, -0.05) is 0 Å². The molecule has 0 aromatic carbocycles. The van der Waals surface area contributed by atoms with Crippen LogP contribution in [0.1, 0.15) is 12.8 Å². The van der Waals surface area contributed by atoms with Gasteiger partial charge in [-0.25, -0.2) is 0 Å². The SMILES string of the molecule is NCC1CCC(C(=O)NCC(O)C(F)(F)F)O1. The molecule has 1 aliphatic rings. The van der Waals surface area contributed by atoms with Crippen LogP contribution in [0.15, 0.2) is 0 Å². The molecule has 8 heteroatoms. The van der Waals surface area contributed by atoms with Crippen LogP contribution in [0.25, 0.3) is 0 Å². The van der Waals surface area contributed by atoms with E-state index < -0.39 is 30.8 Å². The first-order valence-electron chi connectivity index (χ1n) is 5.22. The fourth-order valence-corrected chi connectivity index (χ4v) is 1.50. The molecule has 0 aromatic heterocycles. The standard InChI is InChI=1S/C9H15F3N2O3/c10-9(11,12)7(15)4-14-8(16)6-2-1-5(3-13)17-6/h5-7,15H,1-4,13H2,(H,14,16). The van der Waals surface area contributed by atoms with Gasteiger partial charge in [0.05, 0.1) is 12.6 Å². The Balaban J connectivity index is 2.31. The van der Waals surface area contributed by atoms with Crippen LogP contribution in [-0.2, 0) is 9.53 Å². The number of aliphatic hydroxyl groups is 1. The molecule has 0 radical (unpaired) electrons.